The summed E-state index contributed by atoms with van der Waals surface area (Å²) in [5, 5.41) is 12.3. The summed E-state index contributed by atoms with van der Waals surface area (Å²) in [6.07, 6.45) is 0.809. The van der Waals surface area contributed by atoms with Gasteiger partial charge in [-0.3, -0.25) is 9.69 Å². The number of nitrogens with one attached hydrogen (secondary N) is 1. The van der Waals surface area contributed by atoms with E-state index in [-0.39, 0.29) is 19.2 Å². The number of ether oxygens (including phenoxy) is 1. The molecule has 6 nitrogen and oxygen atoms in total. The van der Waals surface area contributed by atoms with Gasteiger partial charge < -0.3 is 14.6 Å². The summed E-state index contributed by atoms with van der Waals surface area (Å²) in [6.45, 7) is 2.18. The monoisotopic (exact) mass is 414 g/mol. The first kappa shape index (κ1) is 23.2. The number of rotatable bonds is 8. The highest BCUT2D eigenvalue weighted by Crippen LogP contribution is 2.36. The van der Waals surface area contributed by atoms with E-state index in [9.17, 15) is 23.2 Å². The van der Waals surface area contributed by atoms with Gasteiger partial charge in [0.2, 0.25) is 5.91 Å². The summed E-state index contributed by atoms with van der Waals surface area (Å²) in [7, 11) is 1.40. The van der Waals surface area contributed by atoms with Crippen molar-refractivity contribution in [1.82, 2.24) is 9.47 Å². The Hall–Kier alpha value is -2.05. The minimum Gasteiger partial charge on any atom is -0.383 e. The van der Waals surface area contributed by atoms with Crippen LogP contribution < -0.4 is 5.32 Å². The number of hydrogen-bond acceptors (Lipinski definition) is 4. The highest BCUT2D eigenvalue weighted by molar-refractivity contribution is 5.93. The summed E-state index contributed by atoms with van der Waals surface area (Å²) in [5.74, 6) is -0.172. The average molecular weight is 414 g/mol. The number of amides is 1. The van der Waals surface area contributed by atoms with Crippen LogP contribution >= 0.6 is 0 Å². The van der Waals surface area contributed by atoms with Crippen LogP contribution in [0.1, 0.15) is 55.0 Å². The van der Waals surface area contributed by atoms with Crippen LogP contribution in [0, 0.1) is 25.2 Å². The van der Waals surface area contributed by atoms with Gasteiger partial charge in [0.15, 0.2) is 0 Å². The fraction of sp³-hybridized carbons (Fsp3) is 0.700. The number of anilines is 1. The molecule has 1 aromatic heterocycles. The fourth-order valence-corrected chi connectivity index (χ4v) is 3.95. The molecule has 1 aliphatic carbocycles. The molecule has 0 aromatic carbocycles. The number of methoxy groups -OCH3 is 1. The minimum atomic E-state index is -4.42. The highest BCUT2D eigenvalue weighted by atomic mass is 19.4. The number of nitrogens with zero attached hydrogens (tertiary/aromatic N) is 3. The first-order valence-corrected chi connectivity index (χ1v) is 9.87. The maximum Gasteiger partial charge on any atom is 0.401 e. The Labute approximate surface area is 169 Å². The summed E-state index contributed by atoms with van der Waals surface area (Å²) < 4.78 is 45.3. The molecular formula is C20H29F3N4O2. The zero-order valence-corrected chi connectivity index (χ0v) is 17.2. The third-order valence-electron chi connectivity index (χ3n) is 5.45. The molecule has 0 saturated heterocycles. The molecule has 0 bridgehead atoms. The van der Waals surface area contributed by atoms with E-state index >= 15 is 0 Å². The van der Waals surface area contributed by atoms with Crippen LogP contribution in [0.2, 0.25) is 0 Å². The van der Waals surface area contributed by atoms with Crippen LogP contribution in [0.25, 0.3) is 0 Å². The average Bonchev–Trinajstić information content (AvgIpc) is 2.88. The summed E-state index contributed by atoms with van der Waals surface area (Å²) in [4.78, 5) is 13.6. The first-order valence-electron chi connectivity index (χ1n) is 9.87. The molecule has 0 spiro atoms. The van der Waals surface area contributed by atoms with Gasteiger partial charge in [-0.1, -0.05) is 19.3 Å². The van der Waals surface area contributed by atoms with E-state index in [1.165, 1.54) is 7.11 Å². The molecule has 1 saturated carbocycles. The maximum atomic E-state index is 12.8. The zero-order valence-electron chi connectivity index (χ0n) is 17.2. The highest BCUT2D eigenvalue weighted by Gasteiger charge is 2.32. The second kappa shape index (κ2) is 10.1. The van der Waals surface area contributed by atoms with Crippen molar-refractivity contribution in [2.75, 3.05) is 38.7 Å². The molecule has 9 heteroatoms. The number of hydrogen-bond donors (Lipinski definition) is 1. The van der Waals surface area contributed by atoms with E-state index in [2.05, 4.69) is 11.4 Å². The van der Waals surface area contributed by atoms with E-state index in [0.29, 0.717) is 11.4 Å². The Morgan fingerprint density at radius 1 is 1.31 bits per heavy atom. The van der Waals surface area contributed by atoms with E-state index in [1.54, 1.807) is 0 Å². The van der Waals surface area contributed by atoms with E-state index in [1.807, 2.05) is 18.4 Å². The SMILES string of the molecule is COCCN(CC(=O)Nc1c(C#N)c(C)c(C)n1C1CCCCC1)CC(F)(F)F. The lowest BCUT2D eigenvalue weighted by atomic mass is 9.95. The maximum absolute atomic E-state index is 12.8. The van der Waals surface area contributed by atoms with E-state index < -0.39 is 25.2 Å². The topological polar surface area (TPSA) is 70.3 Å². The molecule has 0 aliphatic heterocycles. The lowest BCUT2D eigenvalue weighted by Gasteiger charge is -2.28. The molecule has 1 aromatic rings. The van der Waals surface area contributed by atoms with Gasteiger partial charge in [-0.2, -0.15) is 18.4 Å². The Morgan fingerprint density at radius 3 is 2.52 bits per heavy atom. The molecule has 1 amide bonds. The van der Waals surface area contributed by atoms with Crippen LogP contribution in [-0.2, 0) is 9.53 Å². The van der Waals surface area contributed by atoms with Crippen molar-refractivity contribution in [2.24, 2.45) is 0 Å². The van der Waals surface area contributed by atoms with Crippen LogP contribution in [0.15, 0.2) is 0 Å². The predicted molar refractivity (Wildman–Crippen MR) is 104 cm³/mol. The first-order chi connectivity index (χ1) is 13.7. The number of nitriles is 1. The van der Waals surface area contributed by atoms with Crippen LogP contribution in [0.5, 0.6) is 0 Å². The lowest BCUT2D eigenvalue weighted by molar-refractivity contribution is -0.149. The number of aromatic nitrogens is 1. The third kappa shape index (κ3) is 6.21. The van der Waals surface area contributed by atoms with Gasteiger partial charge in [-0.25, -0.2) is 0 Å². The largest absolute Gasteiger partial charge is 0.401 e. The number of alkyl halides is 3. The van der Waals surface area contributed by atoms with Gasteiger partial charge in [0, 0.05) is 25.4 Å². The summed E-state index contributed by atoms with van der Waals surface area (Å²) in [5.41, 5.74) is 2.08. The van der Waals surface area contributed by atoms with Crippen molar-refractivity contribution in [2.45, 2.75) is 58.2 Å². The molecule has 1 fully saturated rings. The van der Waals surface area contributed by atoms with Crippen LogP contribution in [0.3, 0.4) is 0 Å². The van der Waals surface area contributed by atoms with Gasteiger partial charge >= 0.3 is 6.18 Å². The van der Waals surface area contributed by atoms with Gasteiger partial charge in [-0.15, -0.1) is 0 Å². The third-order valence-corrected chi connectivity index (χ3v) is 5.45. The van der Waals surface area contributed by atoms with E-state index in [0.717, 1.165) is 48.3 Å². The number of halogens is 3. The van der Waals surface area contributed by atoms with Crippen molar-refractivity contribution in [3.05, 3.63) is 16.8 Å². The summed E-state index contributed by atoms with van der Waals surface area (Å²) >= 11 is 0. The van der Waals surface area contributed by atoms with Crippen molar-refractivity contribution in [1.29, 1.82) is 5.26 Å². The minimum absolute atomic E-state index is 0.0176. The predicted octanol–water partition coefficient (Wildman–Crippen LogP) is 3.93. The second-order valence-corrected chi connectivity index (χ2v) is 7.57. The molecule has 162 valence electrons. The molecule has 1 aliphatic rings. The molecule has 0 unspecified atom stereocenters. The van der Waals surface area contributed by atoms with Gasteiger partial charge in [0.1, 0.15) is 11.9 Å². The summed E-state index contributed by atoms with van der Waals surface area (Å²) in [6, 6.07) is 2.33. The van der Waals surface area contributed by atoms with Crippen LogP contribution in [-0.4, -0.2) is 54.9 Å². The normalized spacial score (nSPS) is 15.5. The van der Waals surface area contributed by atoms with Crippen molar-refractivity contribution in [3.8, 4) is 6.07 Å². The quantitative estimate of drug-likeness (QED) is 0.700. The molecule has 1 N–H and O–H groups in total. The molecule has 2 rings (SSSR count). The Bertz CT molecular complexity index is 746. The molecule has 1 heterocycles. The van der Waals surface area contributed by atoms with Crippen LogP contribution in [0.4, 0.5) is 19.0 Å². The smallest absolute Gasteiger partial charge is 0.383 e. The van der Waals surface area contributed by atoms with Gasteiger partial charge in [-0.05, 0) is 32.3 Å². The van der Waals surface area contributed by atoms with Crippen molar-refractivity contribution >= 4 is 11.7 Å². The molecule has 0 atom stereocenters. The molecule has 0 radical (unpaired) electrons. The van der Waals surface area contributed by atoms with E-state index in [4.69, 9.17) is 4.74 Å². The van der Waals surface area contributed by atoms with Crippen molar-refractivity contribution < 1.29 is 22.7 Å². The zero-order chi connectivity index (χ0) is 21.6. The Morgan fingerprint density at radius 2 is 1.97 bits per heavy atom. The van der Waals surface area contributed by atoms with Crippen molar-refractivity contribution in [3.63, 3.8) is 0 Å². The lowest BCUT2D eigenvalue weighted by Crippen LogP contribution is -2.41. The number of carbonyl (C=O) groups excluding carboxylic acids is 1. The Balaban J connectivity index is 2.23. The Kier molecular flexibility index (Phi) is 8.11. The second-order valence-electron chi connectivity index (χ2n) is 7.57. The molecule has 29 heavy (non-hydrogen) atoms. The standard InChI is InChI=1S/C20H29F3N4O2/c1-14-15(2)27(16-7-5-4-6-8-16)19(17(14)11-24)25-18(28)12-26(9-10-29-3)13-20(21,22)23/h16H,4-10,12-13H2,1-3H3,(H,25,28). The van der Waals surface area contributed by atoms with Gasteiger partial charge in [0.05, 0.1) is 25.3 Å². The number of carbonyl (C=O) groups is 1. The molecular weight excluding hydrogens is 385 g/mol. The van der Waals surface area contributed by atoms with Gasteiger partial charge in [0.25, 0.3) is 0 Å². The fourth-order valence-electron chi connectivity index (χ4n) is 3.95.